The maximum atomic E-state index is 5.46. The molecule has 0 spiro atoms. The Labute approximate surface area is 95.1 Å². The fraction of sp³-hybridized carbons (Fsp3) is 0.364. The molecule has 4 N–H and O–H groups in total. The molecule has 5 nitrogen and oxygen atoms in total. The van der Waals surface area contributed by atoms with Crippen LogP contribution in [0, 0.1) is 0 Å². The molecule has 5 heteroatoms. The standard InChI is InChI=1S/C11H17N3O2/c1-15-5-6-16-10-4-2-3-9(7-10)8-14-11(12)13/h2-4,7H,5-6,8H2,1H3,(H4,12,13,14). The second-order valence-electron chi connectivity index (χ2n) is 3.23. The average Bonchev–Trinajstić information content (AvgIpc) is 2.27. The molecule has 0 amide bonds. The number of hydrogen-bond donors (Lipinski definition) is 2. The summed E-state index contributed by atoms with van der Waals surface area (Å²) in [5, 5.41) is 0. The summed E-state index contributed by atoms with van der Waals surface area (Å²) in [4.78, 5) is 3.92. The lowest BCUT2D eigenvalue weighted by Crippen LogP contribution is -2.22. The third kappa shape index (κ3) is 4.65. The Balaban J connectivity index is 2.53. The van der Waals surface area contributed by atoms with Crippen LogP contribution in [0.25, 0.3) is 0 Å². The first kappa shape index (κ1) is 12.3. The summed E-state index contributed by atoms with van der Waals surface area (Å²) >= 11 is 0. The van der Waals surface area contributed by atoms with Gasteiger partial charge in [0.2, 0.25) is 0 Å². The maximum Gasteiger partial charge on any atom is 0.186 e. The molecule has 0 aliphatic carbocycles. The normalized spacial score (nSPS) is 9.81. The lowest BCUT2D eigenvalue weighted by molar-refractivity contribution is 0.146. The van der Waals surface area contributed by atoms with Crippen LogP contribution in [0.2, 0.25) is 0 Å². The van der Waals surface area contributed by atoms with E-state index in [9.17, 15) is 0 Å². The predicted molar refractivity (Wildman–Crippen MR) is 63.3 cm³/mol. The van der Waals surface area contributed by atoms with Gasteiger partial charge in [-0.1, -0.05) is 12.1 Å². The molecule has 0 radical (unpaired) electrons. The average molecular weight is 223 g/mol. The fourth-order valence-electron chi connectivity index (χ4n) is 1.16. The molecule has 16 heavy (non-hydrogen) atoms. The topological polar surface area (TPSA) is 82.9 Å². The number of hydrogen-bond acceptors (Lipinski definition) is 3. The van der Waals surface area contributed by atoms with Gasteiger partial charge in [0.15, 0.2) is 5.96 Å². The van der Waals surface area contributed by atoms with Crippen LogP contribution in [0.15, 0.2) is 29.3 Å². The van der Waals surface area contributed by atoms with Crippen molar-refractivity contribution in [3.8, 4) is 5.75 Å². The first-order valence-electron chi connectivity index (χ1n) is 4.98. The Morgan fingerprint density at radius 1 is 1.31 bits per heavy atom. The number of benzene rings is 1. The van der Waals surface area contributed by atoms with E-state index < -0.39 is 0 Å². The summed E-state index contributed by atoms with van der Waals surface area (Å²) in [7, 11) is 1.64. The van der Waals surface area contributed by atoms with E-state index in [-0.39, 0.29) is 5.96 Å². The van der Waals surface area contributed by atoms with Gasteiger partial charge in [0.05, 0.1) is 13.2 Å². The van der Waals surface area contributed by atoms with Gasteiger partial charge >= 0.3 is 0 Å². The lowest BCUT2D eigenvalue weighted by atomic mass is 10.2. The second kappa shape index (κ2) is 6.68. The van der Waals surface area contributed by atoms with Crippen molar-refractivity contribution in [1.29, 1.82) is 0 Å². The number of rotatable bonds is 6. The van der Waals surface area contributed by atoms with Crippen molar-refractivity contribution < 1.29 is 9.47 Å². The van der Waals surface area contributed by atoms with Crippen LogP contribution < -0.4 is 16.2 Å². The van der Waals surface area contributed by atoms with Crippen molar-refractivity contribution in [3.63, 3.8) is 0 Å². The summed E-state index contributed by atoms with van der Waals surface area (Å²) in [5.41, 5.74) is 11.5. The van der Waals surface area contributed by atoms with E-state index in [0.29, 0.717) is 19.8 Å². The van der Waals surface area contributed by atoms with Crippen molar-refractivity contribution in [2.75, 3.05) is 20.3 Å². The van der Waals surface area contributed by atoms with Gasteiger partial charge in [0.25, 0.3) is 0 Å². The molecule has 0 heterocycles. The largest absolute Gasteiger partial charge is 0.491 e. The van der Waals surface area contributed by atoms with E-state index in [1.807, 2.05) is 24.3 Å². The number of nitrogens with zero attached hydrogens (tertiary/aromatic N) is 1. The zero-order valence-corrected chi connectivity index (χ0v) is 9.35. The third-order valence-electron chi connectivity index (χ3n) is 1.90. The van der Waals surface area contributed by atoms with Gasteiger partial charge in [-0.3, -0.25) is 0 Å². The molecule has 1 aromatic rings. The number of methoxy groups -OCH3 is 1. The van der Waals surface area contributed by atoms with Crippen LogP contribution in [0.1, 0.15) is 5.56 Å². The van der Waals surface area contributed by atoms with Gasteiger partial charge in [-0.25, -0.2) is 4.99 Å². The van der Waals surface area contributed by atoms with Gasteiger partial charge in [-0.15, -0.1) is 0 Å². The minimum atomic E-state index is 0.0886. The highest BCUT2D eigenvalue weighted by Gasteiger charge is 1.96. The zero-order chi connectivity index (χ0) is 11.8. The van der Waals surface area contributed by atoms with Gasteiger partial charge in [0.1, 0.15) is 12.4 Å². The summed E-state index contributed by atoms with van der Waals surface area (Å²) in [6.45, 7) is 1.56. The Hall–Kier alpha value is -1.75. The Kier molecular flexibility index (Phi) is 5.15. The monoisotopic (exact) mass is 223 g/mol. The van der Waals surface area contributed by atoms with Crippen molar-refractivity contribution in [2.24, 2.45) is 16.5 Å². The molecule has 0 saturated carbocycles. The maximum absolute atomic E-state index is 5.46. The van der Waals surface area contributed by atoms with Crippen LogP contribution in [0.4, 0.5) is 0 Å². The zero-order valence-electron chi connectivity index (χ0n) is 9.35. The molecule has 0 aliphatic heterocycles. The number of ether oxygens (including phenoxy) is 2. The van der Waals surface area contributed by atoms with E-state index in [0.717, 1.165) is 11.3 Å². The van der Waals surface area contributed by atoms with E-state index in [2.05, 4.69) is 4.99 Å². The Morgan fingerprint density at radius 2 is 2.12 bits per heavy atom. The van der Waals surface area contributed by atoms with Crippen LogP contribution in [0.5, 0.6) is 5.75 Å². The van der Waals surface area contributed by atoms with Gasteiger partial charge < -0.3 is 20.9 Å². The van der Waals surface area contributed by atoms with E-state index >= 15 is 0 Å². The molecule has 0 unspecified atom stereocenters. The summed E-state index contributed by atoms with van der Waals surface area (Å²) in [6.07, 6.45) is 0. The Morgan fingerprint density at radius 3 is 2.81 bits per heavy atom. The van der Waals surface area contributed by atoms with Crippen molar-refractivity contribution in [2.45, 2.75) is 6.54 Å². The molecule has 0 saturated heterocycles. The van der Waals surface area contributed by atoms with Crippen LogP contribution in [0.3, 0.4) is 0 Å². The van der Waals surface area contributed by atoms with E-state index in [1.165, 1.54) is 0 Å². The lowest BCUT2D eigenvalue weighted by Gasteiger charge is -2.06. The van der Waals surface area contributed by atoms with Crippen molar-refractivity contribution >= 4 is 5.96 Å². The first-order chi connectivity index (χ1) is 7.72. The van der Waals surface area contributed by atoms with Gasteiger partial charge in [0, 0.05) is 7.11 Å². The molecule has 1 aromatic carbocycles. The molecule has 0 fully saturated rings. The molecule has 0 bridgehead atoms. The summed E-state index contributed by atoms with van der Waals surface area (Å²) < 4.78 is 10.4. The molecule has 88 valence electrons. The van der Waals surface area contributed by atoms with Crippen LogP contribution in [-0.2, 0) is 11.3 Å². The summed E-state index contributed by atoms with van der Waals surface area (Å²) in [5.74, 6) is 0.881. The number of aliphatic imine (C=N–C) groups is 1. The molecule has 1 rings (SSSR count). The molecular formula is C11H17N3O2. The van der Waals surface area contributed by atoms with Gasteiger partial charge in [-0.2, -0.15) is 0 Å². The highest BCUT2D eigenvalue weighted by molar-refractivity contribution is 5.75. The molecule has 0 aliphatic rings. The fourth-order valence-corrected chi connectivity index (χ4v) is 1.16. The van der Waals surface area contributed by atoms with Crippen LogP contribution in [-0.4, -0.2) is 26.3 Å². The minimum Gasteiger partial charge on any atom is -0.491 e. The first-order valence-corrected chi connectivity index (χ1v) is 4.98. The highest BCUT2D eigenvalue weighted by atomic mass is 16.5. The van der Waals surface area contributed by atoms with Crippen LogP contribution >= 0.6 is 0 Å². The smallest absolute Gasteiger partial charge is 0.186 e. The minimum absolute atomic E-state index is 0.0886. The molecule has 0 atom stereocenters. The second-order valence-corrected chi connectivity index (χ2v) is 3.23. The number of guanidine groups is 1. The quantitative estimate of drug-likeness (QED) is 0.417. The van der Waals surface area contributed by atoms with E-state index in [4.69, 9.17) is 20.9 Å². The number of nitrogens with two attached hydrogens (primary N) is 2. The predicted octanol–water partition coefficient (Wildman–Crippen LogP) is 0.485. The van der Waals surface area contributed by atoms with Gasteiger partial charge in [-0.05, 0) is 17.7 Å². The van der Waals surface area contributed by atoms with E-state index in [1.54, 1.807) is 7.11 Å². The third-order valence-corrected chi connectivity index (χ3v) is 1.90. The highest BCUT2D eigenvalue weighted by Crippen LogP contribution is 2.13. The van der Waals surface area contributed by atoms with Crippen molar-refractivity contribution in [1.82, 2.24) is 0 Å². The summed E-state index contributed by atoms with van der Waals surface area (Å²) in [6, 6.07) is 7.63. The molecular weight excluding hydrogens is 206 g/mol. The van der Waals surface area contributed by atoms with Crippen molar-refractivity contribution in [3.05, 3.63) is 29.8 Å². The Bertz CT molecular complexity index is 349. The SMILES string of the molecule is COCCOc1cccc(CN=C(N)N)c1. The molecule has 0 aromatic heterocycles.